The summed E-state index contributed by atoms with van der Waals surface area (Å²) in [5, 5.41) is 0. The Labute approximate surface area is 183 Å². The van der Waals surface area contributed by atoms with Crippen LogP contribution < -0.4 is 15.2 Å². The van der Waals surface area contributed by atoms with Crippen molar-refractivity contribution < 1.29 is 28.5 Å². The molecule has 1 aromatic rings. The van der Waals surface area contributed by atoms with Crippen LogP contribution in [0.2, 0.25) is 0 Å². The van der Waals surface area contributed by atoms with E-state index in [1.165, 1.54) is 0 Å². The van der Waals surface area contributed by atoms with Crippen molar-refractivity contribution in [3.05, 3.63) is 46.6 Å². The molecule has 1 unspecified atom stereocenters. The average Bonchev–Trinajstić information content (AvgIpc) is 2.67. The van der Waals surface area contributed by atoms with E-state index < -0.39 is 11.9 Å². The third kappa shape index (κ3) is 4.55. The first kappa shape index (κ1) is 22.7. The fourth-order valence-corrected chi connectivity index (χ4v) is 4.19. The first-order valence-electron chi connectivity index (χ1n) is 10.7. The van der Waals surface area contributed by atoms with Crippen molar-refractivity contribution in [1.29, 1.82) is 0 Å². The molecule has 2 aliphatic rings. The minimum Gasteiger partial charge on any atom is -0.494 e. The minimum absolute atomic E-state index is 0.0379. The maximum Gasteiger partial charge on any atom is 0.340 e. The number of carbonyl (C=O) groups is 2. The molecule has 0 saturated heterocycles. The van der Waals surface area contributed by atoms with Gasteiger partial charge in [0.15, 0.2) is 5.78 Å². The second-order valence-corrected chi connectivity index (χ2v) is 8.38. The molecule has 31 heavy (non-hydrogen) atoms. The lowest BCUT2D eigenvalue weighted by Crippen LogP contribution is -2.35. The number of nitrogens with two attached hydrogens (primary N) is 1. The van der Waals surface area contributed by atoms with Gasteiger partial charge in [-0.15, -0.1) is 0 Å². The highest BCUT2D eigenvalue weighted by molar-refractivity contribution is 6.03. The minimum atomic E-state index is -0.733. The highest BCUT2D eigenvalue weighted by Gasteiger charge is 2.45. The first-order valence-corrected chi connectivity index (χ1v) is 10.7. The first-order chi connectivity index (χ1) is 14.7. The quantitative estimate of drug-likeness (QED) is 0.655. The Kier molecular flexibility index (Phi) is 6.62. The Morgan fingerprint density at radius 3 is 2.48 bits per heavy atom. The third-order valence-corrected chi connectivity index (χ3v) is 5.36. The van der Waals surface area contributed by atoms with E-state index in [9.17, 15) is 9.59 Å². The smallest absolute Gasteiger partial charge is 0.340 e. The number of benzene rings is 1. The van der Waals surface area contributed by atoms with Gasteiger partial charge in [0.1, 0.15) is 22.8 Å². The number of ketones is 1. The lowest BCUT2D eigenvalue weighted by atomic mass is 9.70. The molecule has 0 spiro atoms. The van der Waals surface area contributed by atoms with Crippen molar-refractivity contribution >= 4 is 11.8 Å². The van der Waals surface area contributed by atoms with Crippen molar-refractivity contribution in [1.82, 2.24) is 0 Å². The van der Waals surface area contributed by atoms with Gasteiger partial charge < -0.3 is 24.7 Å². The van der Waals surface area contributed by atoms with Crippen LogP contribution in [0.5, 0.6) is 11.5 Å². The van der Waals surface area contributed by atoms with Crippen LogP contribution in [0.15, 0.2) is 41.0 Å². The number of hydrogen-bond acceptors (Lipinski definition) is 7. The van der Waals surface area contributed by atoms with Crippen LogP contribution in [0.3, 0.4) is 0 Å². The molecule has 7 heteroatoms. The molecule has 3 rings (SSSR count). The summed E-state index contributed by atoms with van der Waals surface area (Å²) in [6, 6.07) is 5.39. The van der Waals surface area contributed by atoms with Crippen molar-refractivity contribution in [3.63, 3.8) is 0 Å². The Bertz CT molecular complexity index is 943. The molecule has 1 heterocycles. The maximum atomic E-state index is 13.3. The summed E-state index contributed by atoms with van der Waals surface area (Å²) in [4.78, 5) is 26.2. The normalized spacial score (nSPS) is 20.2. The van der Waals surface area contributed by atoms with E-state index in [2.05, 4.69) is 0 Å². The molecule has 1 atom stereocenters. The molecule has 0 amide bonds. The van der Waals surface area contributed by atoms with E-state index in [-0.39, 0.29) is 29.3 Å². The summed E-state index contributed by atoms with van der Waals surface area (Å²) in [6.07, 6.45) is 0.894. The Hall–Kier alpha value is -2.96. The molecule has 0 radical (unpaired) electrons. The molecule has 1 aromatic carbocycles. The molecule has 1 aliphatic carbocycles. The SMILES string of the molecule is CCOC(=O)C1=C(N)OC2=C(C(=O)CC(C)(C)C2)C1c1ccc(OCC)cc1OCC. The average molecular weight is 430 g/mol. The van der Waals surface area contributed by atoms with Crippen LogP contribution >= 0.6 is 0 Å². The molecule has 1 aliphatic heterocycles. The number of rotatable bonds is 7. The fraction of sp³-hybridized carbons (Fsp3) is 0.500. The van der Waals surface area contributed by atoms with Gasteiger partial charge in [-0.1, -0.05) is 19.9 Å². The monoisotopic (exact) mass is 429 g/mol. The number of carbonyl (C=O) groups excluding carboxylic acids is 2. The predicted molar refractivity (Wildman–Crippen MR) is 116 cm³/mol. The van der Waals surface area contributed by atoms with E-state index >= 15 is 0 Å². The topological polar surface area (TPSA) is 97.1 Å². The highest BCUT2D eigenvalue weighted by atomic mass is 16.5. The predicted octanol–water partition coefficient (Wildman–Crippen LogP) is 3.97. The zero-order valence-corrected chi connectivity index (χ0v) is 18.9. The van der Waals surface area contributed by atoms with Crippen molar-refractivity contribution in [2.24, 2.45) is 11.1 Å². The fourth-order valence-electron chi connectivity index (χ4n) is 4.19. The van der Waals surface area contributed by atoms with Gasteiger partial charge in [-0.3, -0.25) is 4.79 Å². The summed E-state index contributed by atoms with van der Waals surface area (Å²) in [5.41, 5.74) is 7.19. The van der Waals surface area contributed by atoms with Gasteiger partial charge in [-0.25, -0.2) is 4.79 Å². The second-order valence-electron chi connectivity index (χ2n) is 8.38. The van der Waals surface area contributed by atoms with E-state index in [4.69, 9.17) is 24.7 Å². The molecular formula is C24H31NO6. The summed E-state index contributed by atoms with van der Waals surface area (Å²) in [6.45, 7) is 10.6. The molecule has 7 nitrogen and oxygen atoms in total. The molecule has 168 valence electrons. The van der Waals surface area contributed by atoms with E-state index in [0.29, 0.717) is 54.5 Å². The summed E-state index contributed by atoms with van der Waals surface area (Å²) in [5.74, 6) is 0.231. The van der Waals surface area contributed by atoms with Crippen LogP contribution in [0.4, 0.5) is 0 Å². The Morgan fingerprint density at radius 2 is 1.84 bits per heavy atom. The molecule has 2 N–H and O–H groups in total. The van der Waals surface area contributed by atoms with Gasteiger partial charge in [-0.05, 0) is 32.3 Å². The van der Waals surface area contributed by atoms with Crippen LogP contribution in [0.1, 0.15) is 58.9 Å². The van der Waals surface area contributed by atoms with Crippen molar-refractivity contribution in [3.8, 4) is 11.5 Å². The molecule has 0 bridgehead atoms. The summed E-state index contributed by atoms with van der Waals surface area (Å²) >= 11 is 0. The number of hydrogen-bond donors (Lipinski definition) is 1. The third-order valence-electron chi connectivity index (χ3n) is 5.36. The van der Waals surface area contributed by atoms with Crippen molar-refractivity contribution in [2.45, 2.75) is 53.4 Å². The van der Waals surface area contributed by atoms with Gasteiger partial charge in [0.05, 0.1) is 25.7 Å². The number of ether oxygens (including phenoxy) is 4. The highest BCUT2D eigenvalue weighted by Crippen LogP contribution is 2.50. The van der Waals surface area contributed by atoms with Gasteiger partial charge >= 0.3 is 5.97 Å². The van der Waals surface area contributed by atoms with E-state index in [1.54, 1.807) is 19.1 Å². The lowest BCUT2D eigenvalue weighted by molar-refractivity contribution is -0.139. The summed E-state index contributed by atoms with van der Waals surface area (Å²) < 4.78 is 22.6. The zero-order chi connectivity index (χ0) is 22.8. The second kappa shape index (κ2) is 9.04. The van der Waals surface area contributed by atoms with Crippen LogP contribution in [-0.4, -0.2) is 31.6 Å². The lowest BCUT2D eigenvalue weighted by Gasteiger charge is -2.38. The van der Waals surface area contributed by atoms with Gasteiger partial charge in [0.25, 0.3) is 0 Å². The van der Waals surface area contributed by atoms with Crippen LogP contribution in [-0.2, 0) is 19.1 Å². The van der Waals surface area contributed by atoms with Crippen LogP contribution in [0, 0.1) is 5.41 Å². The van der Waals surface area contributed by atoms with Gasteiger partial charge in [0, 0.05) is 30.0 Å². The summed E-state index contributed by atoms with van der Waals surface area (Å²) in [7, 11) is 0. The Morgan fingerprint density at radius 1 is 1.13 bits per heavy atom. The maximum absolute atomic E-state index is 13.3. The molecule has 0 fully saturated rings. The number of allylic oxidation sites excluding steroid dienone is 2. The molecular weight excluding hydrogens is 398 g/mol. The van der Waals surface area contributed by atoms with Gasteiger partial charge in [-0.2, -0.15) is 0 Å². The molecule has 0 saturated carbocycles. The standard InChI is InChI=1S/C24H31NO6/c1-6-28-14-9-10-15(17(11-14)29-7-2)19-20-16(26)12-24(4,5)13-18(20)31-22(25)21(19)23(27)30-8-3/h9-11,19H,6-8,12-13,25H2,1-5H3. The largest absolute Gasteiger partial charge is 0.494 e. The number of esters is 1. The van der Waals surface area contributed by atoms with Crippen molar-refractivity contribution in [2.75, 3.05) is 19.8 Å². The van der Waals surface area contributed by atoms with E-state index in [1.807, 2.05) is 33.8 Å². The Balaban J connectivity index is 2.22. The molecule has 0 aromatic heterocycles. The zero-order valence-electron chi connectivity index (χ0n) is 18.9. The van der Waals surface area contributed by atoms with Crippen LogP contribution in [0.25, 0.3) is 0 Å². The van der Waals surface area contributed by atoms with Gasteiger partial charge in [0.2, 0.25) is 5.88 Å². The number of Topliss-reactive ketones (excluding diaryl/α,β-unsaturated/α-hetero) is 1. The van der Waals surface area contributed by atoms with E-state index in [0.717, 1.165) is 0 Å².